The Hall–Kier alpha value is -0.870. The van der Waals surface area contributed by atoms with Gasteiger partial charge in [0.15, 0.2) is 0 Å². The van der Waals surface area contributed by atoms with Crippen LogP contribution < -0.4 is 5.73 Å². The average molecular weight is 254 g/mol. The summed E-state index contributed by atoms with van der Waals surface area (Å²) in [5, 5.41) is 8.54. The molecule has 2 atom stereocenters. The van der Waals surface area contributed by atoms with Crippen LogP contribution in [0.1, 0.15) is 39.0 Å². The zero-order valence-electron chi connectivity index (χ0n) is 11.6. The van der Waals surface area contributed by atoms with Gasteiger partial charge in [0.2, 0.25) is 0 Å². The van der Waals surface area contributed by atoms with Gasteiger partial charge in [-0.3, -0.25) is 9.69 Å². The summed E-state index contributed by atoms with van der Waals surface area (Å²) in [5.74, 6) is 0.128. The SMILES string of the molecule is CC1CCC/C1=C\CN.CN1CCCC1C(=O)O. The molecule has 0 radical (unpaired) electrons. The largest absolute Gasteiger partial charge is 0.480 e. The fourth-order valence-electron chi connectivity index (χ4n) is 2.72. The summed E-state index contributed by atoms with van der Waals surface area (Å²) in [7, 11) is 1.85. The van der Waals surface area contributed by atoms with Crippen molar-refractivity contribution in [1.29, 1.82) is 0 Å². The molecule has 0 aromatic rings. The van der Waals surface area contributed by atoms with Crippen LogP contribution in [0.3, 0.4) is 0 Å². The highest BCUT2D eigenvalue weighted by Crippen LogP contribution is 2.29. The highest BCUT2D eigenvalue weighted by molar-refractivity contribution is 5.73. The van der Waals surface area contributed by atoms with Crippen LogP contribution in [0.15, 0.2) is 11.6 Å². The summed E-state index contributed by atoms with van der Waals surface area (Å²) in [6, 6.07) is -0.218. The molecule has 4 nitrogen and oxygen atoms in total. The number of carbonyl (C=O) groups is 1. The second kappa shape index (κ2) is 7.54. The van der Waals surface area contributed by atoms with E-state index >= 15 is 0 Å². The van der Waals surface area contributed by atoms with Crippen LogP contribution >= 0.6 is 0 Å². The predicted octanol–water partition coefficient (Wildman–Crippen LogP) is 1.86. The second-order valence-corrected chi connectivity index (χ2v) is 5.28. The fraction of sp³-hybridized carbons (Fsp3) is 0.786. The van der Waals surface area contributed by atoms with E-state index in [0.29, 0.717) is 0 Å². The number of carboxylic acid groups (broad SMARTS) is 1. The van der Waals surface area contributed by atoms with E-state index in [-0.39, 0.29) is 6.04 Å². The van der Waals surface area contributed by atoms with E-state index in [2.05, 4.69) is 13.0 Å². The van der Waals surface area contributed by atoms with Gasteiger partial charge in [0.25, 0.3) is 0 Å². The molecule has 1 aliphatic heterocycles. The van der Waals surface area contributed by atoms with Crippen molar-refractivity contribution in [3.8, 4) is 0 Å². The van der Waals surface area contributed by atoms with Crippen LogP contribution in [0.2, 0.25) is 0 Å². The van der Waals surface area contributed by atoms with Gasteiger partial charge in [0.05, 0.1) is 0 Å². The molecule has 2 fully saturated rings. The van der Waals surface area contributed by atoms with Gasteiger partial charge < -0.3 is 10.8 Å². The maximum absolute atomic E-state index is 10.4. The molecule has 1 saturated heterocycles. The molecular weight excluding hydrogens is 228 g/mol. The summed E-state index contributed by atoms with van der Waals surface area (Å²) in [6.07, 6.45) is 8.04. The Morgan fingerprint density at radius 2 is 2.22 bits per heavy atom. The molecular formula is C14H26N2O2. The first-order valence-corrected chi connectivity index (χ1v) is 6.88. The van der Waals surface area contributed by atoms with Crippen molar-refractivity contribution in [3.63, 3.8) is 0 Å². The third-order valence-electron chi connectivity index (χ3n) is 3.92. The van der Waals surface area contributed by atoms with E-state index in [9.17, 15) is 4.79 Å². The number of allylic oxidation sites excluding steroid dienone is 1. The molecule has 2 unspecified atom stereocenters. The van der Waals surface area contributed by atoms with E-state index in [1.54, 1.807) is 5.57 Å². The Kier molecular flexibility index (Phi) is 6.36. The number of rotatable bonds is 2. The molecule has 2 rings (SSSR count). The first-order valence-electron chi connectivity index (χ1n) is 6.88. The van der Waals surface area contributed by atoms with Crippen LogP contribution in [0.25, 0.3) is 0 Å². The first-order chi connectivity index (χ1) is 8.56. The topological polar surface area (TPSA) is 66.6 Å². The molecule has 2 aliphatic rings. The minimum absolute atomic E-state index is 0.218. The lowest BCUT2D eigenvalue weighted by Crippen LogP contribution is -2.32. The summed E-state index contributed by atoms with van der Waals surface area (Å²) >= 11 is 0. The summed E-state index contributed by atoms with van der Waals surface area (Å²) < 4.78 is 0. The molecule has 104 valence electrons. The van der Waals surface area contributed by atoms with Crippen LogP contribution in [-0.2, 0) is 4.79 Å². The molecule has 1 aliphatic carbocycles. The first kappa shape index (κ1) is 15.2. The number of hydrogen-bond acceptors (Lipinski definition) is 3. The van der Waals surface area contributed by atoms with Crippen molar-refractivity contribution in [3.05, 3.63) is 11.6 Å². The second-order valence-electron chi connectivity index (χ2n) is 5.28. The van der Waals surface area contributed by atoms with Crippen molar-refractivity contribution in [2.45, 2.75) is 45.1 Å². The summed E-state index contributed by atoms with van der Waals surface area (Å²) in [6.45, 7) is 3.94. The number of aliphatic carboxylic acids is 1. The third kappa shape index (κ3) is 4.42. The number of nitrogens with zero attached hydrogens (tertiary/aromatic N) is 1. The molecule has 3 N–H and O–H groups in total. The maximum atomic E-state index is 10.4. The van der Waals surface area contributed by atoms with Crippen LogP contribution in [0, 0.1) is 5.92 Å². The van der Waals surface area contributed by atoms with Gasteiger partial charge in [0.1, 0.15) is 6.04 Å². The molecule has 0 spiro atoms. The number of likely N-dealkylation sites (N-methyl/N-ethyl adjacent to an activating group) is 1. The molecule has 4 heteroatoms. The molecule has 0 aromatic carbocycles. The number of hydrogen-bond donors (Lipinski definition) is 2. The third-order valence-corrected chi connectivity index (χ3v) is 3.92. The van der Waals surface area contributed by atoms with E-state index in [1.807, 2.05) is 11.9 Å². The van der Waals surface area contributed by atoms with Crippen molar-refractivity contribution >= 4 is 5.97 Å². The van der Waals surface area contributed by atoms with Crippen LogP contribution in [0.5, 0.6) is 0 Å². The monoisotopic (exact) mass is 254 g/mol. The molecule has 0 aromatic heterocycles. The Morgan fingerprint density at radius 1 is 1.50 bits per heavy atom. The Labute approximate surface area is 110 Å². The van der Waals surface area contributed by atoms with Gasteiger partial charge >= 0.3 is 5.97 Å². The van der Waals surface area contributed by atoms with Crippen LogP contribution in [0.4, 0.5) is 0 Å². The lowest BCUT2D eigenvalue weighted by molar-refractivity contribution is -0.141. The van der Waals surface area contributed by atoms with Gasteiger partial charge in [-0.05, 0) is 51.6 Å². The number of likely N-dealkylation sites (tertiary alicyclic amines) is 1. The molecule has 0 bridgehead atoms. The Bertz CT molecular complexity index is 302. The smallest absolute Gasteiger partial charge is 0.320 e. The standard InChI is InChI=1S/C8H15N.C6H11NO2/c1-7-3-2-4-8(7)5-6-9;1-7-4-2-3-5(7)6(8)9/h5,7H,2-4,6,9H2,1H3;5H,2-4H2,1H3,(H,8,9)/b8-5+;. The molecule has 0 amide bonds. The molecule has 1 heterocycles. The lowest BCUT2D eigenvalue weighted by Gasteiger charge is -2.13. The fourth-order valence-corrected chi connectivity index (χ4v) is 2.72. The predicted molar refractivity (Wildman–Crippen MR) is 73.4 cm³/mol. The highest BCUT2D eigenvalue weighted by Gasteiger charge is 2.26. The number of nitrogens with two attached hydrogens (primary N) is 1. The van der Waals surface area contributed by atoms with Crippen LogP contribution in [-0.4, -0.2) is 42.2 Å². The van der Waals surface area contributed by atoms with E-state index < -0.39 is 5.97 Å². The van der Waals surface area contributed by atoms with E-state index in [0.717, 1.165) is 31.8 Å². The van der Waals surface area contributed by atoms with Crippen molar-refractivity contribution in [2.75, 3.05) is 20.1 Å². The summed E-state index contributed by atoms with van der Waals surface area (Å²) in [5.41, 5.74) is 6.98. The maximum Gasteiger partial charge on any atom is 0.320 e. The summed E-state index contributed by atoms with van der Waals surface area (Å²) in [4.78, 5) is 12.2. The average Bonchev–Trinajstić information content (AvgIpc) is 2.90. The minimum Gasteiger partial charge on any atom is -0.480 e. The number of carboxylic acids is 1. The van der Waals surface area contributed by atoms with Gasteiger partial charge in [-0.25, -0.2) is 0 Å². The van der Waals surface area contributed by atoms with Crippen molar-refractivity contribution < 1.29 is 9.90 Å². The van der Waals surface area contributed by atoms with E-state index in [1.165, 1.54) is 19.3 Å². The molecule has 1 saturated carbocycles. The quantitative estimate of drug-likeness (QED) is 0.738. The van der Waals surface area contributed by atoms with Gasteiger partial charge in [0, 0.05) is 6.54 Å². The molecule has 18 heavy (non-hydrogen) atoms. The normalized spacial score (nSPS) is 30.3. The van der Waals surface area contributed by atoms with Crippen molar-refractivity contribution in [2.24, 2.45) is 11.7 Å². The lowest BCUT2D eigenvalue weighted by atomic mass is 10.1. The zero-order chi connectivity index (χ0) is 13.5. The van der Waals surface area contributed by atoms with Gasteiger partial charge in [-0.15, -0.1) is 0 Å². The van der Waals surface area contributed by atoms with Crippen molar-refractivity contribution in [1.82, 2.24) is 4.90 Å². The minimum atomic E-state index is -0.685. The highest BCUT2D eigenvalue weighted by atomic mass is 16.4. The van der Waals surface area contributed by atoms with Gasteiger partial charge in [-0.1, -0.05) is 18.6 Å². The Balaban J connectivity index is 0.000000180. The zero-order valence-corrected chi connectivity index (χ0v) is 11.6. The van der Waals surface area contributed by atoms with E-state index in [4.69, 9.17) is 10.8 Å². The Morgan fingerprint density at radius 3 is 2.56 bits per heavy atom. The van der Waals surface area contributed by atoms with Gasteiger partial charge in [-0.2, -0.15) is 0 Å².